The Morgan fingerprint density at radius 3 is 2.53 bits per heavy atom. The SMILES string of the molecule is [N-]=[N+]=Nc1ccc(C[C@H](N)C(N)=O)cc1. The summed E-state index contributed by atoms with van der Waals surface area (Å²) in [6.07, 6.45) is 0.381. The van der Waals surface area contributed by atoms with Crippen LogP contribution in [0.15, 0.2) is 29.4 Å². The fraction of sp³-hybridized carbons (Fsp3) is 0.222. The van der Waals surface area contributed by atoms with Crippen LogP contribution in [0.25, 0.3) is 10.4 Å². The third kappa shape index (κ3) is 3.30. The van der Waals surface area contributed by atoms with Crippen LogP contribution in [0.2, 0.25) is 0 Å². The zero-order chi connectivity index (χ0) is 11.3. The summed E-state index contributed by atoms with van der Waals surface area (Å²) < 4.78 is 0. The molecule has 6 heteroatoms. The van der Waals surface area contributed by atoms with E-state index in [0.717, 1.165) is 5.56 Å². The normalized spacial score (nSPS) is 11.5. The first-order valence-electron chi connectivity index (χ1n) is 4.32. The highest BCUT2D eigenvalue weighted by Crippen LogP contribution is 2.13. The molecule has 0 unspecified atom stereocenters. The first kappa shape index (κ1) is 11.0. The van der Waals surface area contributed by atoms with Crippen LogP contribution in [-0.4, -0.2) is 11.9 Å². The van der Waals surface area contributed by atoms with Crippen LogP contribution in [0.3, 0.4) is 0 Å². The van der Waals surface area contributed by atoms with Crippen LogP contribution in [0.5, 0.6) is 0 Å². The summed E-state index contributed by atoms with van der Waals surface area (Å²) in [6.45, 7) is 0. The molecule has 0 saturated carbocycles. The van der Waals surface area contributed by atoms with E-state index in [2.05, 4.69) is 10.0 Å². The topological polar surface area (TPSA) is 118 Å². The summed E-state index contributed by atoms with van der Waals surface area (Å²) in [7, 11) is 0. The van der Waals surface area contributed by atoms with Crippen molar-refractivity contribution in [2.45, 2.75) is 12.5 Å². The summed E-state index contributed by atoms with van der Waals surface area (Å²) in [5, 5.41) is 3.42. The van der Waals surface area contributed by atoms with E-state index in [1.807, 2.05) is 0 Å². The number of carbonyl (C=O) groups is 1. The minimum absolute atomic E-state index is 0.381. The highest BCUT2D eigenvalue weighted by atomic mass is 16.1. The second kappa shape index (κ2) is 4.99. The van der Waals surface area contributed by atoms with Crippen molar-refractivity contribution in [3.05, 3.63) is 40.3 Å². The van der Waals surface area contributed by atoms with Gasteiger partial charge in [-0.15, -0.1) is 0 Å². The average Bonchev–Trinajstić information content (AvgIpc) is 2.21. The maximum atomic E-state index is 10.7. The standard InChI is InChI=1S/C9H11N5O/c10-8(9(11)15)5-6-1-3-7(4-2-6)13-14-12/h1-4,8H,5,10H2,(H2,11,15)/t8-/m0/s1. The van der Waals surface area contributed by atoms with Gasteiger partial charge >= 0.3 is 0 Å². The van der Waals surface area contributed by atoms with Gasteiger partial charge in [-0.25, -0.2) is 0 Å². The third-order valence-corrected chi connectivity index (χ3v) is 1.92. The van der Waals surface area contributed by atoms with E-state index < -0.39 is 11.9 Å². The van der Waals surface area contributed by atoms with Crippen LogP contribution in [-0.2, 0) is 11.2 Å². The molecule has 1 atom stereocenters. The van der Waals surface area contributed by atoms with E-state index >= 15 is 0 Å². The molecule has 0 aromatic heterocycles. The maximum Gasteiger partial charge on any atom is 0.234 e. The number of amides is 1. The fourth-order valence-electron chi connectivity index (χ4n) is 1.10. The van der Waals surface area contributed by atoms with Crippen molar-refractivity contribution < 1.29 is 4.79 Å². The second-order valence-electron chi connectivity index (χ2n) is 3.07. The molecule has 15 heavy (non-hydrogen) atoms. The molecule has 4 N–H and O–H groups in total. The number of benzene rings is 1. The van der Waals surface area contributed by atoms with Gasteiger partial charge in [0, 0.05) is 10.6 Å². The summed E-state index contributed by atoms with van der Waals surface area (Å²) >= 11 is 0. The first-order valence-corrected chi connectivity index (χ1v) is 4.32. The zero-order valence-corrected chi connectivity index (χ0v) is 8.00. The Balaban J connectivity index is 2.72. The fourth-order valence-corrected chi connectivity index (χ4v) is 1.10. The molecule has 0 bridgehead atoms. The van der Waals surface area contributed by atoms with Crippen LogP contribution >= 0.6 is 0 Å². The van der Waals surface area contributed by atoms with Gasteiger partial charge < -0.3 is 11.5 Å². The van der Waals surface area contributed by atoms with E-state index in [1.165, 1.54) is 0 Å². The quantitative estimate of drug-likeness (QED) is 0.433. The lowest BCUT2D eigenvalue weighted by Crippen LogP contribution is -2.38. The van der Waals surface area contributed by atoms with Crippen molar-refractivity contribution >= 4 is 11.6 Å². The predicted octanol–water partition coefficient (Wildman–Crippen LogP) is 0.984. The summed E-state index contributed by atoms with van der Waals surface area (Å²) in [5.41, 5.74) is 20.1. The van der Waals surface area contributed by atoms with Crippen LogP contribution < -0.4 is 11.5 Å². The predicted molar refractivity (Wildman–Crippen MR) is 56.1 cm³/mol. The molecular weight excluding hydrogens is 194 g/mol. The van der Waals surface area contributed by atoms with Crippen LogP contribution in [0, 0.1) is 0 Å². The Hall–Kier alpha value is -2.04. The highest BCUT2D eigenvalue weighted by molar-refractivity contribution is 5.79. The van der Waals surface area contributed by atoms with Gasteiger partial charge in [-0.05, 0) is 17.5 Å². The first-order chi connectivity index (χ1) is 7.13. The molecule has 1 rings (SSSR count). The molecule has 1 amide bonds. The van der Waals surface area contributed by atoms with Crippen molar-refractivity contribution in [1.29, 1.82) is 0 Å². The third-order valence-electron chi connectivity index (χ3n) is 1.92. The molecule has 1 aromatic carbocycles. The number of nitrogens with two attached hydrogens (primary N) is 2. The lowest BCUT2D eigenvalue weighted by Gasteiger charge is -2.06. The molecule has 0 spiro atoms. The van der Waals surface area contributed by atoms with Crippen molar-refractivity contribution in [3.63, 3.8) is 0 Å². The number of rotatable bonds is 4. The van der Waals surface area contributed by atoms with Crippen LogP contribution in [0.4, 0.5) is 5.69 Å². The molecular formula is C9H11N5O. The molecule has 0 fully saturated rings. The Labute approximate surface area is 86.5 Å². The highest BCUT2D eigenvalue weighted by Gasteiger charge is 2.09. The van der Waals surface area contributed by atoms with Crippen molar-refractivity contribution in [3.8, 4) is 0 Å². The van der Waals surface area contributed by atoms with Crippen molar-refractivity contribution in [2.24, 2.45) is 16.6 Å². The molecule has 0 radical (unpaired) electrons. The summed E-state index contributed by atoms with van der Waals surface area (Å²) in [5.74, 6) is -0.533. The number of primary amides is 1. The van der Waals surface area contributed by atoms with Gasteiger partial charge in [-0.1, -0.05) is 29.4 Å². The van der Waals surface area contributed by atoms with E-state index in [1.54, 1.807) is 24.3 Å². The van der Waals surface area contributed by atoms with E-state index in [9.17, 15) is 4.79 Å². The van der Waals surface area contributed by atoms with Gasteiger partial charge in [0.2, 0.25) is 5.91 Å². The summed E-state index contributed by atoms with van der Waals surface area (Å²) in [4.78, 5) is 13.4. The Bertz CT molecular complexity index is 393. The largest absolute Gasteiger partial charge is 0.368 e. The maximum absolute atomic E-state index is 10.7. The lowest BCUT2D eigenvalue weighted by molar-refractivity contribution is -0.119. The van der Waals surface area contributed by atoms with Crippen LogP contribution in [0.1, 0.15) is 5.56 Å². The molecule has 0 aliphatic carbocycles. The van der Waals surface area contributed by atoms with E-state index in [4.69, 9.17) is 17.0 Å². The number of azide groups is 1. The molecule has 6 nitrogen and oxygen atoms in total. The number of nitrogens with zero attached hydrogens (tertiary/aromatic N) is 3. The zero-order valence-electron chi connectivity index (χ0n) is 8.00. The molecule has 78 valence electrons. The smallest absolute Gasteiger partial charge is 0.234 e. The van der Waals surface area contributed by atoms with Gasteiger partial charge in [-0.2, -0.15) is 0 Å². The Kier molecular flexibility index (Phi) is 3.68. The van der Waals surface area contributed by atoms with Crippen molar-refractivity contribution in [2.75, 3.05) is 0 Å². The number of hydrogen-bond donors (Lipinski definition) is 2. The molecule has 0 aliphatic rings. The Morgan fingerprint density at radius 2 is 2.07 bits per heavy atom. The average molecular weight is 205 g/mol. The molecule has 0 aliphatic heterocycles. The molecule has 1 aromatic rings. The van der Waals surface area contributed by atoms with Gasteiger partial charge in [-0.3, -0.25) is 4.79 Å². The summed E-state index contributed by atoms with van der Waals surface area (Å²) in [6, 6.07) is 6.11. The monoisotopic (exact) mass is 205 g/mol. The Morgan fingerprint density at radius 1 is 1.47 bits per heavy atom. The van der Waals surface area contributed by atoms with Gasteiger partial charge in [0.1, 0.15) is 0 Å². The second-order valence-corrected chi connectivity index (χ2v) is 3.07. The van der Waals surface area contributed by atoms with Gasteiger partial charge in [0.25, 0.3) is 0 Å². The molecule has 0 saturated heterocycles. The van der Waals surface area contributed by atoms with Crippen molar-refractivity contribution in [1.82, 2.24) is 0 Å². The molecule has 0 heterocycles. The van der Waals surface area contributed by atoms with E-state index in [-0.39, 0.29) is 0 Å². The lowest BCUT2D eigenvalue weighted by atomic mass is 10.1. The van der Waals surface area contributed by atoms with E-state index in [0.29, 0.717) is 12.1 Å². The number of hydrogen-bond acceptors (Lipinski definition) is 3. The van der Waals surface area contributed by atoms with Gasteiger partial charge in [0.05, 0.1) is 6.04 Å². The number of carbonyl (C=O) groups excluding carboxylic acids is 1. The minimum Gasteiger partial charge on any atom is -0.368 e. The van der Waals surface area contributed by atoms with Gasteiger partial charge in [0.15, 0.2) is 0 Å². The minimum atomic E-state index is -0.685.